The van der Waals surface area contributed by atoms with E-state index in [2.05, 4.69) is 26.1 Å². The monoisotopic (exact) mass is 450 g/mol. The van der Waals surface area contributed by atoms with Crippen LogP contribution < -0.4 is 14.8 Å². The second-order valence-corrected chi connectivity index (χ2v) is 9.98. The number of esters is 1. The quantitative estimate of drug-likeness (QED) is 0.403. The molecule has 0 radical (unpaired) electrons. The molecule has 2 fully saturated rings. The molecule has 2 aromatic carbocycles. The molecule has 7 heteroatoms. The number of urea groups is 1. The lowest BCUT2D eigenvalue weighted by Crippen LogP contribution is -2.54. The molecule has 1 saturated carbocycles. The summed E-state index contributed by atoms with van der Waals surface area (Å²) in [6.45, 7) is 6.31. The van der Waals surface area contributed by atoms with Crippen molar-refractivity contribution in [2.24, 2.45) is 11.3 Å². The predicted octanol–water partition coefficient (Wildman–Crippen LogP) is 4.31. The molecule has 4 rings (SSSR count). The lowest BCUT2D eigenvalue weighted by molar-refractivity contribution is -0.142. The number of carbonyl (C=O) groups excluding carboxylic acids is 3. The standard InChI is InChI=1S/C26H30N2O5/c1-18-13-25(2,3)17-26(14-18)23(30)28(24(31)27-26)15-22(29)33-21-11-9-20(10-12-21)32-16-19-7-5-4-6-8-19/h4-12,18H,13-17H2,1-3H3,(H,27,31)/t18-,26-/m1/s1. The Kier molecular flexibility index (Phi) is 6.15. The molecule has 7 nitrogen and oxygen atoms in total. The molecule has 0 unspecified atom stereocenters. The van der Waals surface area contributed by atoms with Gasteiger partial charge in [0.15, 0.2) is 0 Å². The van der Waals surface area contributed by atoms with Crippen LogP contribution in [0.1, 0.15) is 45.6 Å². The number of carbonyl (C=O) groups is 3. The largest absolute Gasteiger partial charge is 0.489 e. The Hall–Kier alpha value is -3.35. The van der Waals surface area contributed by atoms with Crippen molar-refractivity contribution in [3.05, 3.63) is 60.2 Å². The van der Waals surface area contributed by atoms with E-state index in [-0.39, 0.29) is 11.3 Å². The number of hydrogen-bond donors (Lipinski definition) is 1. The molecule has 2 aromatic rings. The first kappa shape index (κ1) is 22.8. The second kappa shape index (κ2) is 8.89. The minimum absolute atomic E-state index is 0.0680. The van der Waals surface area contributed by atoms with Crippen molar-refractivity contribution in [1.82, 2.24) is 10.2 Å². The van der Waals surface area contributed by atoms with Gasteiger partial charge in [0.05, 0.1) is 0 Å². The fourth-order valence-corrected chi connectivity index (χ4v) is 5.29. The molecule has 2 atom stereocenters. The third-order valence-corrected chi connectivity index (χ3v) is 6.22. The summed E-state index contributed by atoms with van der Waals surface area (Å²) >= 11 is 0. The fourth-order valence-electron chi connectivity index (χ4n) is 5.29. The highest BCUT2D eigenvalue weighted by Gasteiger charge is 2.56. The van der Waals surface area contributed by atoms with Gasteiger partial charge in [-0.1, -0.05) is 51.1 Å². The number of nitrogens with one attached hydrogen (secondary N) is 1. The Morgan fingerprint density at radius 3 is 2.36 bits per heavy atom. The van der Waals surface area contributed by atoms with Gasteiger partial charge in [-0.2, -0.15) is 0 Å². The van der Waals surface area contributed by atoms with E-state index < -0.39 is 24.1 Å². The Labute approximate surface area is 194 Å². The molecule has 2 aliphatic rings. The number of ether oxygens (including phenoxy) is 2. The van der Waals surface area contributed by atoms with Crippen LogP contribution in [-0.2, 0) is 16.2 Å². The molecule has 174 valence electrons. The molecular weight excluding hydrogens is 420 g/mol. The van der Waals surface area contributed by atoms with Crippen molar-refractivity contribution in [3.8, 4) is 11.5 Å². The van der Waals surface area contributed by atoms with E-state index in [0.29, 0.717) is 36.9 Å². The molecule has 1 aliphatic heterocycles. The summed E-state index contributed by atoms with van der Waals surface area (Å²) in [5.41, 5.74) is 0.0487. The van der Waals surface area contributed by atoms with Crippen LogP contribution in [0.2, 0.25) is 0 Å². The number of imide groups is 1. The SMILES string of the molecule is C[C@@H]1CC(C)(C)C[C@@]2(C1)NC(=O)N(CC(=O)Oc1ccc(OCc3ccccc3)cc1)C2=O. The minimum Gasteiger partial charge on any atom is -0.489 e. The lowest BCUT2D eigenvalue weighted by atomic mass is 9.64. The van der Waals surface area contributed by atoms with Crippen molar-refractivity contribution in [2.45, 2.75) is 52.2 Å². The van der Waals surface area contributed by atoms with Crippen molar-refractivity contribution in [1.29, 1.82) is 0 Å². The molecule has 0 aromatic heterocycles. The van der Waals surface area contributed by atoms with E-state index in [9.17, 15) is 14.4 Å². The number of amides is 3. The van der Waals surface area contributed by atoms with E-state index in [0.717, 1.165) is 16.9 Å². The first-order valence-electron chi connectivity index (χ1n) is 11.3. The van der Waals surface area contributed by atoms with Gasteiger partial charge >= 0.3 is 12.0 Å². The summed E-state index contributed by atoms with van der Waals surface area (Å²) in [6.07, 6.45) is 2.13. The van der Waals surface area contributed by atoms with Crippen molar-refractivity contribution >= 4 is 17.9 Å². The Morgan fingerprint density at radius 1 is 1.03 bits per heavy atom. The fraction of sp³-hybridized carbons (Fsp3) is 0.423. The maximum Gasteiger partial charge on any atom is 0.331 e. The average molecular weight is 451 g/mol. The van der Waals surface area contributed by atoms with Crippen LogP contribution in [0.3, 0.4) is 0 Å². The van der Waals surface area contributed by atoms with Gasteiger partial charge in [0.2, 0.25) is 0 Å². The van der Waals surface area contributed by atoms with E-state index in [4.69, 9.17) is 9.47 Å². The van der Waals surface area contributed by atoms with E-state index in [1.807, 2.05) is 30.3 Å². The van der Waals surface area contributed by atoms with Gasteiger partial charge < -0.3 is 14.8 Å². The summed E-state index contributed by atoms with van der Waals surface area (Å²) < 4.78 is 11.1. The Balaban J connectivity index is 1.34. The van der Waals surface area contributed by atoms with Crippen LogP contribution in [0.15, 0.2) is 54.6 Å². The van der Waals surface area contributed by atoms with E-state index in [1.54, 1.807) is 24.3 Å². The third kappa shape index (κ3) is 5.18. The molecule has 3 amide bonds. The van der Waals surface area contributed by atoms with Crippen molar-refractivity contribution in [3.63, 3.8) is 0 Å². The van der Waals surface area contributed by atoms with Gasteiger partial charge in [-0.25, -0.2) is 9.59 Å². The maximum atomic E-state index is 13.2. The van der Waals surface area contributed by atoms with Gasteiger partial charge in [-0.15, -0.1) is 0 Å². The molecule has 0 bridgehead atoms. The zero-order chi connectivity index (χ0) is 23.6. The van der Waals surface area contributed by atoms with Crippen LogP contribution in [0, 0.1) is 11.3 Å². The molecular formula is C26H30N2O5. The minimum atomic E-state index is -0.934. The molecule has 1 saturated heterocycles. The summed E-state index contributed by atoms with van der Waals surface area (Å²) in [7, 11) is 0. The Morgan fingerprint density at radius 2 is 1.70 bits per heavy atom. The average Bonchev–Trinajstić information content (AvgIpc) is 2.95. The van der Waals surface area contributed by atoms with Gasteiger partial charge in [-0.3, -0.25) is 9.69 Å². The first-order chi connectivity index (χ1) is 15.7. The van der Waals surface area contributed by atoms with Crippen molar-refractivity contribution in [2.75, 3.05) is 6.54 Å². The van der Waals surface area contributed by atoms with Crippen LogP contribution in [0.25, 0.3) is 0 Å². The van der Waals surface area contributed by atoms with Crippen LogP contribution in [-0.4, -0.2) is 34.9 Å². The van der Waals surface area contributed by atoms with Gasteiger partial charge in [0, 0.05) is 0 Å². The zero-order valence-corrected chi connectivity index (χ0v) is 19.3. The number of benzene rings is 2. The van der Waals surface area contributed by atoms with E-state index >= 15 is 0 Å². The number of hydrogen-bond acceptors (Lipinski definition) is 5. The van der Waals surface area contributed by atoms with Gasteiger partial charge in [-0.05, 0) is 60.4 Å². The lowest BCUT2D eigenvalue weighted by Gasteiger charge is -2.43. The highest BCUT2D eigenvalue weighted by atomic mass is 16.5. The Bertz CT molecular complexity index is 1030. The highest BCUT2D eigenvalue weighted by Crippen LogP contribution is 2.46. The first-order valence-corrected chi connectivity index (χ1v) is 11.3. The predicted molar refractivity (Wildman–Crippen MR) is 123 cm³/mol. The normalized spacial score (nSPS) is 24.0. The summed E-state index contributed by atoms with van der Waals surface area (Å²) in [4.78, 5) is 39.2. The number of rotatable bonds is 6. The molecule has 1 heterocycles. The summed E-state index contributed by atoms with van der Waals surface area (Å²) in [5.74, 6) is 0.253. The summed E-state index contributed by atoms with van der Waals surface area (Å²) in [5, 5.41) is 2.87. The van der Waals surface area contributed by atoms with Crippen LogP contribution in [0.4, 0.5) is 4.79 Å². The smallest absolute Gasteiger partial charge is 0.331 e. The maximum absolute atomic E-state index is 13.2. The van der Waals surface area contributed by atoms with Crippen molar-refractivity contribution < 1.29 is 23.9 Å². The molecule has 1 spiro atoms. The van der Waals surface area contributed by atoms with Crippen LogP contribution in [0.5, 0.6) is 11.5 Å². The van der Waals surface area contributed by atoms with Gasteiger partial charge in [0.1, 0.15) is 30.2 Å². The van der Waals surface area contributed by atoms with Gasteiger partial charge in [0.25, 0.3) is 5.91 Å². The third-order valence-electron chi connectivity index (χ3n) is 6.22. The molecule has 1 aliphatic carbocycles. The highest BCUT2D eigenvalue weighted by molar-refractivity contribution is 6.08. The second-order valence-electron chi connectivity index (χ2n) is 9.98. The zero-order valence-electron chi connectivity index (χ0n) is 19.3. The number of nitrogens with zero attached hydrogens (tertiary/aromatic N) is 1. The van der Waals surface area contributed by atoms with E-state index in [1.165, 1.54) is 0 Å². The molecule has 33 heavy (non-hydrogen) atoms. The molecule has 1 N–H and O–H groups in total. The summed E-state index contributed by atoms with van der Waals surface area (Å²) in [6, 6.07) is 15.9. The van der Waals surface area contributed by atoms with Crippen LogP contribution >= 0.6 is 0 Å². The topological polar surface area (TPSA) is 84.9 Å².